The number of phenolic OH excluding ortho intramolecular Hbond substituents is 1. The Hall–Kier alpha value is -2.40. The minimum Gasteiger partial charge on any atom is -0.508 e. The third-order valence-corrected chi connectivity index (χ3v) is 3.32. The van der Waals surface area contributed by atoms with Gasteiger partial charge in [-0.25, -0.2) is 0 Å². The molecule has 0 heterocycles. The van der Waals surface area contributed by atoms with Gasteiger partial charge in [-0.2, -0.15) is 5.10 Å². The van der Waals surface area contributed by atoms with Gasteiger partial charge in [0, 0.05) is 5.69 Å². The number of anilines is 1. The highest BCUT2D eigenvalue weighted by Gasteiger charge is 2.01. The molecule has 0 radical (unpaired) electrons. The predicted octanol–water partition coefficient (Wildman–Crippen LogP) is 3.33. The second-order valence-electron chi connectivity index (χ2n) is 4.66. The number of thiocarbonyl (C=S) groups is 1. The Morgan fingerprint density at radius 3 is 2.57 bits per heavy atom. The van der Waals surface area contributed by atoms with Crippen molar-refractivity contribution >= 4 is 29.2 Å². The molecule has 2 aromatic rings. The molecule has 21 heavy (non-hydrogen) atoms. The molecule has 0 aliphatic heterocycles. The average molecular weight is 299 g/mol. The number of rotatable bonds is 3. The summed E-state index contributed by atoms with van der Waals surface area (Å²) in [7, 11) is 0. The molecule has 0 amide bonds. The monoisotopic (exact) mass is 299 g/mol. The molecule has 4 nitrogen and oxygen atoms in total. The summed E-state index contributed by atoms with van der Waals surface area (Å²) < 4.78 is 0. The van der Waals surface area contributed by atoms with E-state index in [1.165, 1.54) is 5.56 Å². The van der Waals surface area contributed by atoms with Crippen LogP contribution in [0.25, 0.3) is 0 Å². The van der Waals surface area contributed by atoms with Crippen LogP contribution in [0.15, 0.2) is 47.6 Å². The number of nitrogens with zero attached hydrogens (tertiary/aromatic N) is 1. The molecule has 0 fully saturated rings. The number of benzene rings is 2. The van der Waals surface area contributed by atoms with Gasteiger partial charge in [0.25, 0.3) is 0 Å². The van der Waals surface area contributed by atoms with Gasteiger partial charge in [0.15, 0.2) is 5.11 Å². The van der Waals surface area contributed by atoms with E-state index in [4.69, 9.17) is 12.2 Å². The fourth-order valence-electron chi connectivity index (χ4n) is 1.76. The summed E-state index contributed by atoms with van der Waals surface area (Å²) >= 11 is 5.20. The van der Waals surface area contributed by atoms with Gasteiger partial charge in [0.05, 0.1) is 6.21 Å². The number of nitrogens with one attached hydrogen (secondary N) is 2. The van der Waals surface area contributed by atoms with Gasteiger partial charge in [0.2, 0.25) is 0 Å². The molecule has 0 atom stereocenters. The first kappa shape index (κ1) is 15.0. The third-order valence-electron chi connectivity index (χ3n) is 3.13. The molecule has 108 valence electrons. The van der Waals surface area contributed by atoms with Crippen molar-refractivity contribution < 1.29 is 5.11 Å². The number of hydrogen-bond donors (Lipinski definition) is 3. The zero-order valence-corrected chi connectivity index (χ0v) is 12.7. The molecule has 0 saturated heterocycles. The zero-order chi connectivity index (χ0) is 15.2. The van der Waals surface area contributed by atoms with E-state index in [9.17, 15) is 5.11 Å². The molecule has 0 aromatic heterocycles. The SMILES string of the molecule is Cc1cccc(NC(=S)NN=Cc2ccc(O)cc2)c1C. The van der Waals surface area contributed by atoms with Crippen LogP contribution in [0.4, 0.5) is 5.69 Å². The van der Waals surface area contributed by atoms with Gasteiger partial charge in [0.1, 0.15) is 5.75 Å². The van der Waals surface area contributed by atoms with Crippen molar-refractivity contribution in [1.82, 2.24) is 5.43 Å². The molecule has 2 aromatic carbocycles. The zero-order valence-electron chi connectivity index (χ0n) is 11.9. The van der Waals surface area contributed by atoms with E-state index in [-0.39, 0.29) is 5.75 Å². The van der Waals surface area contributed by atoms with Crippen molar-refractivity contribution in [2.75, 3.05) is 5.32 Å². The summed E-state index contributed by atoms with van der Waals surface area (Å²) in [6.07, 6.45) is 1.64. The van der Waals surface area contributed by atoms with Crippen LogP contribution in [0, 0.1) is 13.8 Å². The lowest BCUT2D eigenvalue weighted by molar-refractivity contribution is 0.475. The van der Waals surface area contributed by atoms with E-state index in [2.05, 4.69) is 28.8 Å². The summed E-state index contributed by atoms with van der Waals surface area (Å²) in [6, 6.07) is 12.7. The van der Waals surface area contributed by atoms with Crippen LogP contribution < -0.4 is 10.7 Å². The van der Waals surface area contributed by atoms with Crippen LogP contribution in [0.2, 0.25) is 0 Å². The lowest BCUT2D eigenvalue weighted by Crippen LogP contribution is -2.24. The quantitative estimate of drug-likeness (QED) is 0.462. The number of hydrazone groups is 1. The fourth-order valence-corrected chi connectivity index (χ4v) is 1.93. The number of phenols is 1. The van der Waals surface area contributed by atoms with Crippen molar-refractivity contribution in [3.05, 3.63) is 59.2 Å². The number of hydrogen-bond acceptors (Lipinski definition) is 3. The highest BCUT2D eigenvalue weighted by Crippen LogP contribution is 2.17. The Bertz CT molecular complexity index is 666. The summed E-state index contributed by atoms with van der Waals surface area (Å²) in [6.45, 7) is 4.10. The van der Waals surface area contributed by atoms with Crippen molar-refractivity contribution in [2.24, 2.45) is 5.10 Å². The Kier molecular flexibility index (Phi) is 4.90. The van der Waals surface area contributed by atoms with Crippen LogP contribution in [-0.2, 0) is 0 Å². The molecule has 3 N–H and O–H groups in total. The molecule has 0 spiro atoms. The topological polar surface area (TPSA) is 56.7 Å². The summed E-state index contributed by atoms with van der Waals surface area (Å²) in [5.41, 5.74) is 6.96. The first-order valence-electron chi connectivity index (χ1n) is 6.51. The maximum Gasteiger partial charge on any atom is 0.191 e. The largest absolute Gasteiger partial charge is 0.508 e. The normalized spacial score (nSPS) is 10.6. The van der Waals surface area contributed by atoms with Crippen molar-refractivity contribution in [3.8, 4) is 5.75 Å². The Morgan fingerprint density at radius 2 is 1.86 bits per heavy atom. The van der Waals surface area contributed by atoms with Gasteiger partial charge in [-0.05, 0) is 73.1 Å². The molecule has 0 aliphatic carbocycles. The van der Waals surface area contributed by atoms with Crippen molar-refractivity contribution in [1.29, 1.82) is 0 Å². The maximum absolute atomic E-state index is 9.19. The Labute approximate surface area is 129 Å². The second-order valence-corrected chi connectivity index (χ2v) is 5.07. The molecule has 0 unspecified atom stereocenters. The smallest absolute Gasteiger partial charge is 0.191 e. The van der Waals surface area contributed by atoms with Crippen LogP contribution in [0.1, 0.15) is 16.7 Å². The van der Waals surface area contributed by atoms with Crippen LogP contribution in [-0.4, -0.2) is 16.4 Å². The van der Waals surface area contributed by atoms with Gasteiger partial charge in [-0.1, -0.05) is 12.1 Å². The van der Waals surface area contributed by atoms with E-state index >= 15 is 0 Å². The summed E-state index contributed by atoms with van der Waals surface area (Å²) in [5.74, 6) is 0.229. The van der Waals surface area contributed by atoms with Gasteiger partial charge in [-0.3, -0.25) is 5.43 Å². The molecular formula is C16H17N3OS. The highest BCUT2D eigenvalue weighted by atomic mass is 32.1. The van der Waals surface area contributed by atoms with E-state index < -0.39 is 0 Å². The molecular weight excluding hydrogens is 282 g/mol. The van der Waals surface area contributed by atoms with E-state index in [0.717, 1.165) is 16.8 Å². The van der Waals surface area contributed by atoms with Crippen molar-refractivity contribution in [3.63, 3.8) is 0 Å². The van der Waals surface area contributed by atoms with Crippen molar-refractivity contribution in [2.45, 2.75) is 13.8 Å². The molecule has 5 heteroatoms. The lowest BCUT2D eigenvalue weighted by atomic mass is 10.1. The van der Waals surface area contributed by atoms with E-state index in [1.54, 1.807) is 30.5 Å². The van der Waals surface area contributed by atoms with Gasteiger partial charge in [-0.15, -0.1) is 0 Å². The van der Waals surface area contributed by atoms with Crippen LogP contribution >= 0.6 is 12.2 Å². The number of aromatic hydroxyl groups is 1. The fraction of sp³-hybridized carbons (Fsp3) is 0.125. The molecule has 2 rings (SSSR count). The average Bonchev–Trinajstić information content (AvgIpc) is 2.46. The summed E-state index contributed by atoms with van der Waals surface area (Å²) in [5, 5.41) is 16.8. The standard InChI is InChI=1S/C16H17N3OS/c1-11-4-3-5-15(12(11)2)18-16(21)19-17-10-13-6-8-14(20)9-7-13/h3-10,20H,1-2H3,(H2,18,19,21). The van der Waals surface area contributed by atoms with Gasteiger partial charge < -0.3 is 10.4 Å². The van der Waals surface area contributed by atoms with E-state index in [1.807, 2.05) is 19.1 Å². The second kappa shape index (κ2) is 6.85. The molecule has 0 aliphatic rings. The molecule has 0 saturated carbocycles. The highest BCUT2D eigenvalue weighted by molar-refractivity contribution is 7.80. The Balaban J connectivity index is 1.93. The van der Waals surface area contributed by atoms with Crippen LogP contribution in [0.3, 0.4) is 0 Å². The predicted molar refractivity (Wildman–Crippen MR) is 91.0 cm³/mol. The van der Waals surface area contributed by atoms with Crippen LogP contribution in [0.5, 0.6) is 5.75 Å². The summed E-state index contributed by atoms with van der Waals surface area (Å²) in [4.78, 5) is 0. The Morgan fingerprint density at radius 1 is 1.14 bits per heavy atom. The minimum absolute atomic E-state index is 0.229. The third kappa shape index (κ3) is 4.29. The van der Waals surface area contributed by atoms with Gasteiger partial charge >= 0.3 is 0 Å². The minimum atomic E-state index is 0.229. The first-order chi connectivity index (χ1) is 10.1. The maximum atomic E-state index is 9.19. The first-order valence-corrected chi connectivity index (χ1v) is 6.92. The molecule has 0 bridgehead atoms. The van der Waals surface area contributed by atoms with E-state index in [0.29, 0.717) is 5.11 Å². The lowest BCUT2D eigenvalue weighted by Gasteiger charge is -2.11. The number of aryl methyl sites for hydroxylation is 1.